The zero-order chi connectivity index (χ0) is 20.9. The maximum Gasteiger partial charge on any atom is 0.326 e. The number of carbonyl (C=O) groups is 1. The fourth-order valence-corrected chi connectivity index (χ4v) is 6.23. The molecule has 0 saturated carbocycles. The van der Waals surface area contributed by atoms with E-state index in [4.69, 9.17) is 0 Å². The summed E-state index contributed by atoms with van der Waals surface area (Å²) in [5, 5.41) is 1.99. The van der Waals surface area contributed by atoms with Crippen molar-refractivity contribution in [3.05, 3.63) is 72.3 Å². The van der Waals surface area contributed by atoms with Gasteiger partial charge in [-0.05, 0) is 41.8 Å². The van der Waals surface area contributed by atoms with Gasteiger partial charge in [0.05, 0.1) is 17.4 Å². The highest BCUT2D eigenvalue weighted by Gasteiger charge is 2.43. The molecule has 2 heterocycles. The summed E-state index contributed by atoms with van der Waals surface area (Å²) in [4.78, 5) is 15.0. The summed E-state index contributed by atoms with van der Waals surface area (Å²) in [6, 6.07) is 20.9. The van der Waals surface area contributed by atoms with E-state index in [1.807, 2.05) is 71.6 Å². The van der Waals surface area contributed by atoms with Gasteiger partial charge in [-0.2, -0.15) is 8.42 Å². The molecule has 1 saturated heterocycles. The lowest BCUT2D eigenvalue weighted by molar-refractivity contribution is 0.0718. The van der Waals surface area contributed by atoms with E-state index in [0.717, 1.165) is 16.5 Å². The molecule has 3 aromatic carbocycles. The van der Waals surface area contributed by atoms with E-state index < -0.39 is 10.2 Å². The van der Waals surface area contributed by atoms with Crippen molar-refractivity contribution < 1.29 is 13.2 Å². The van der Waals surface area contributed by atoms with Crippen LogP contribution in [0.25, 0.3) is 10.8 Å². The van der Waals surface area contributed by atoms with E-state index in [-0.39, 0.29) is 11.9 Å². The van der Waals surface area contributed by atoms with Crippen molar-refractivity contribution in [3.8, 4) is 0 Å². The maximum atomic E-state index is 13.2. The van der Waals surface area contributed by atoms with Gasteiger partial charge >= 0.3 is 10.2 Å². The molecule has 1 amide bonds. The van der Waals surface area contributed by atoms with Crippen LogP contribution in [0.15, 0.2) is 66.7 Å². The number of rotatable bonds is 2. The summed E-state index contributed by atoms with van der Waals surface area (Å²) in [7, 11) is -1.99. The standard InChI is InChI=1S/C23H23N3O3S/c1-24-21-11-4-5-12-22(21)26(30(24,28)29)18-13-15-25(16-14-18)23(27)20-10-6-8-17-7-2-3-9-19(17)20/h2-12,18H,13-16H2,1H3. The second-order valence-electron chi connectivity index (χ2n) is 7.81. The van der Waals surface area contributed by atoms with Gasteiger partial charge in [-0.3, -0.25) is 9.10 Å². The molecule has 0 aliphatic carbocycles. The van der Waals surface area contributed by atoms with Crippen molar-refractivity contribution in [2.75, 3.05) is 28.7 Å². The Morgan fingerprint density at radius 3 is 2.27 bits per heavy atom. The van der Waals surface area contributed by atoms with E-state index >= 15 is 0 Å². The van der Waals surface area contributed by atoms with E-state index in [2.05, 4.69) is 0 Å². The largest absolute Gasteiger partial charge is 0.338 e. The van der Waals surface area contributed by atoms with Crippen molar-refractivity contribution >= 4 is 38.3 Å². The quantitative estimate of drug-likeness (QED) is 0.635. The predicted molar refractivity (Wildman–Crippen MR) is 119 cm³/mol. The number of anilines is 2. The fraction of sp³-hybridized carbons (Fsp3) is 0.261. The Balaban J connectivity index is 1.37. The topological polar surface area (TPSA) is 60.9 Å². The van der Waals surface area contributed by atoms with Crippen molar-refractivity contribution in [1.82, 2.24) is 4.90 Å². The van der Waals surface area contributed by atoms with E-state index in [1.54, 1.807) is 11.4 Å². The molecule has 0 N–H and O–H groups in total. The molecule has 0 spiro atoms. The average molecular weight is 422 g/mol. The molecule has 0 bridgehead atoms. The number of carbonyl (C=O) groups excluding carboxylic acids is 1. The molecule has 30 heavy (non-hydrogen) atoms. The zero-order valence-electron chi connectivity index (χ0n) is 16.7. The van der Waals surface area contributed by atoms with Gasteiger partial charge < -0.3 is 4.90 Å². The minimum absolute atomic E-state index is 0.00653. The van der Waals surface area contributed by atoms with Gasteiger partial charge in [0.25, 0.3) is 5.91 Å². The smallest absolute Gasteiger partial charge is 0.326 e. The molecule has 1 fully saturated rings. The Labute approximate surface area is 176 Å². The molecule has 6 nitrogen and oxygen atoms in total. The third-order valence-corrected chi connectivity index (χ3v) is 8.04. The monoisotopic (exact) mass is 421 g/mol. The number of hydrogen-bond acceptors (Lipinski definition) is 3. The van der Waals surface area contributed by atoms with Crippen LogP contribution < -0.4 is 8.61 Å². The highest BCUT2D eigenvalue weighted by molar-refractivity contribution is 7.94. The molecule has 0 unspecified atom stereocenters. The Morgan fingerprint density at radius 1 is 0.867 bits per heavy atom. The molecule has 0 atom stereocenters. The van der Waals surface area contributed by atoms with Crippen LogP contribution in [0, 0.1) is 0 Å². The van der Waals surface area contributed by atoms with Gasteiger partial charge in [0, 0.05) is 25.7 Å². The number of fused-ring (bicyclic) bond motifs is 2. The van der Waals surface area contributed by atoms with Crippen molar-refractivity contribution in [2.45, 2.75) is 18.9 Å². The normalized spacial score (nSPS) is 18.6. The van der Waals surface area contributed by atoms with Gasteiger partial charge in [-0.15, -0.1) is 0 Å². The third kappa shape index (κ3) is 2.84. The van der Waals surface area contributed by atoms with Gasteiger partial charge in [-0.1, -0.05) is 48.5 Å². The molecule has 2 aliphatic heterocycles. The second kappa shape index (κ2) is 7.02. The molecule has 7 heteroatoms. The van der Waals surface area contributed by atoms with E-state index in [9.17, 15) is 13.2 Å². The number of piperidine rings is 1. The van der Waals surface area contributed by atoms with Gasteiger partial charge in [0.1, 0.15) is 0 Å². The second-order valence-corrected chi connectivity index (χ2v) is 9.65. The minimum Gasteiger partial charge on any atom is -0.338 e. The van der Waals surface area contributed by atoms with Crippen LogP contribution in [-0.2, 0) is 10.2 Å². The van der Waals surface area contributed by atoms with Crippen LogP contribution in [0.2, 0.25) is 0 Å². The number of likely N-dealkylation sites (tertiary alicyclic amines) is 1. The summed E-state index contributed by atoms with van der Waals surface area (Å²) in [5.41, 5.74) is 2.12. The number of benzene rings is 3. The van der Waals surface area contributed by atoms with Crippen molar-refractivity contribution in [2.24, 2.45) is 0 Å². The summed E-state index contributed by atoms with van der Waals surface area (Å²) >= 11 is 0. The molecular formula is C23H23N3O3S. The lowest BCUT2D eigenvalue weighted by Crippen LogP contribution is -2.49. The van der Waals surface area contributed by atoms with Gasteiger partial charge in [0.15, 0.2) is 0 Å². The number of para-hydroxylation sites is 2. The minimum atomic E-state index is -3.58. The SMILES string of the molecule is CN1c2ccccc2N(C2CCN(C(=O)c3cccc4ccccc34)CC2)S1(=O)=O. The lowest BCUT2D eigenvalue weighted by atomic mass is 10.0. The van der Waals surface area contributed by atoms with E-state index in [1.165, 1.54) is 4.31 Å². The first kappa shape index (κ1) is 18.9. The van der Waals surface area contributed by atoms with E-state index in [0.29, 0.717) is 37.2 Å². The van der Waals surface area contributed by atoms with Crippen LogP contribution in [0.1, 0.15) is 23.2 Å². The first-order valence-corrected chi connectivity index (χ1v) is 11.5. The lowest BCUT2D eigenvalue weighted by Gasteiger charge is -2.37. The van der Waals surface area contributed by atoms with Crippen molar-refractivity contribution in [1.29, 1.82) is 0 Å². The number of nitrogens with zero attached hydrogens (tertiary/aromatic N) is 3. The Bertz CT molecular complexity index is 1230. The molecule has 0 aromatic heterocycles. The van der Waals surface area contributed by atoms with Crippen LogP contribution in [0.5, 0.6) is 0 Å². The highest BCUT2D eigenvalue weighted by atomic mass is 32.2. The van der Waals surface area contributed by atoms with Crippen LogP contribution in [0.3, 0.4) is 0 Å². The molecule has 2 aliphatic rings. The zero-order valence-corrected chi connectivity index (χ0v) is 17.5. The molecule has 5 rings (SSSR count). The predicted octanol–water partition coefficient (Wildman–Crippen LogP) is 3.65. The summed E-state index contributed by atoms with van der Waals surface area (Å²) in [6.45, 7) is 1.06. The van der Waals surface area contributed by atoms with Crippen LogP contribution in [-0.4, -0.2) is 45.4 Å². The number of hydrogen-bond donors (Lipinski definition) is 0. The molecule has 3 aromatic rings. The maximum absolute atomic E-state index is 13.2. The Kier molecular flexibility index (Phi) is 4.43. The summed E-state index contributed by atoms with van der Waals surface area (Å²) < 4.78 is 28.9. The van der Waals surface area contributed by atoms with Crippen molar-refractivity contribution in [3.63, 3.8) is 0 Å². The Morgan fingerprint density at radius 2 is 1.50 bits per heavy atom. The first-order chi connectivity index (χ1) is 14.5. The number of amides is 1. The molecular weight excluding hydrogens is 398 g/mol. The van der Waals surface area contributed by atoms with Crippen LogP contribution in [0.4, 0.5) is 11.4 Å². The molecule has 0 radical (unpaired) electrons. The van der Waals surface area contributed by atoms with Gasteiger partial charge in [-0.25, -0.2) is 4.31 Å². The Hall–Kier alpha value is -3.06. The third-order valence-electron chi connectivity index (χ3n) is 6.16. The summed E-state index contributed by atoms with van der Waals surface area (Å²) in [6.07, 6.45) is 1.22. The first-order valence-electron chi connectivity index (χ1n) is 10.1. The van der Waals surface area contributed by atoms with Crippen LogP contribution >= 0.6 is 0 Å². The molecule has 154 valence electrons. The fourth-order valence-electron chi connectivity index (χ4n) is 4.57. The summed E-state index contributed by atoms with van der Waals surface area (Å²) in [5.74, 6) is 0.00653. The van der Waals surface area contributed by atoms with Gasteiger partial charge in [0.2, 0.25) is 0 Å². The average Bonchev–Trinajstić information content (AvgIpc) is 2.98. The highest BCUT2D eigenvalue weighted by Crippen LogP contribution is 2.42.